The lowest BCUT2D eigenvalue weighted by Crippen LogP contribution is -2.41. The molecule has 0 radical (unpaired) electrons. The topological polar surface area (TPSA) is 95.6 Å². The van der Waals surface area contributed by atoms with Gasteiger partial charge < -0.3 is 10.2 Å². The lowest BCUT2D eigenvalue weighted by Gasteiger charge is -2.31. The second-order valence-corrected chi connectivity index (χ2v) is 8.86. The fourth-order valence-corrected chi connectivity index (χ4v) is 4.43. The fourth-order valence-electron chi connectivity index (χ4n) is 3.38. The van der Waals surface area contributed by atoms with Crippen LogP contribution in [0.4, 0.5) is 10.1 Å². The summed E-state index contributed by atoms with van der Waals surface area (Å²) in [6, 6.07) is 11.5. The molecule has 0 bridgehead atoms. The summed E-state index contributed by atoms with van der Waals surface area (Å²) in [5, 5.41) is 2.80. The van der Waals surface area contributed by atoms with Crippen molar-refractivity contribution in [3.63, 3.8) is 0 Å². The number of sulfonamides is 1. The molecule has 1 aliphatic heterocycles. The highest BCUT2D eigenvalue weighted by atomic mass is 32.2. The minimum atomic E-state index is -3.54. The van der Waals surface area contributed by atoms with Gasteiger partial charge in [-0.1, -0.05) is 13.0 Å². The number of carbonyl (C=O) groups is 2. The third-order valence-corrected chi connectivity index (χ3v) is 6.55. The molecule has 0 unspecified atom stereocenters. The number of hydrogen-bond acceptors (Lipinski definition) is 4. The Morgan fingerprint density at radius 2 is 1.77 bits per heavy atom. The van der Waals surface area contributed by atoms with Crippen LogP contribution in [0.25, 0.3) is 0 Å². The summed E-state index contributed by atoms with van der Waals surface area (Å²) < 4.78 is 39.7. The first kappa shape index (κ1) is 21.9. The Morgan fingerprint density at radius 3 is 2.37 bits per heavy atom. The van der Waals surface area contributed by atoms with Crippen molar-refractivity contribution in [2.45, 2.75) is 24.7 Å². The standard InChI is InChI=1S/C21H24FN3O4S/c1-2-23-30(28,29)19-8-6-18(7-9-19)24-20(26)15-10-12-25(13-11-15)21(27)16-4-3-5-17(22)14-16/h3-9,14-15,23H,2,10-13H2,1H3,(H,24,26). The van der Waals surface area contributed by atoms with Gasteiger partial charge in [-0.2, -0.15) is 0 Å². The molecule has 2 aromatic rings. The first-order valence-corrected chi connectivity index (χ1v) is 11.2. The smallest absolute Gasteiger partial charge is 0.253 e. The number of hydrogen-bond donors (Lipinski definition) is 2. The zero-order chi connectivity index (χ0) is 21.7. The average molecular weight is 434 g/mol. The van der Waals surface area contributed by atoms with Crippen LogP contribution in [0.1, 0.15) is 30.1 Å². The van der Waals surface area contributed by atoms with Crippen molar-refractivity contribution < 1.29 is 22.4 Å². The van der Waals surface area contributed by atoms with E-state index in [1.165, 1.54) is 30.3 Å². The molecular formula is C21H24FN3O4S. The van der Waals surface area contributed by atoms with E-state index in [4.69, 9.17) is 0 Å². The minimum Gasteiger partial charge on any atom is -0.339 e. The maximum Gasteiger partial charge on any atom is 0.253 e. The molecule has 7 nitrogen and oxygen atoms in total. The van der Waals surface area contributed by atoms with E-state index in [9.17, 15) is 22.4 Å². The number of nitrogens with zero attached hydrogens (tertiary/aromatic N) is 1. The normalized spacial score (nSPS) is 15.1. The number of amides is 2. The van der Waals surface area contributed by atoms with Crippen LogP contribution in [0, 0.1) is 11.7 Å². The lowest BCUT2D eigenvalue weighted by molar-refractivity contribution is -0.121. The maximum atomic E-state index is 13.3. The first-order valence-electron chi connectivity index (χ1n) is 9.75. The van der Waals surface area contributed by atoms with Crippen LogP contribution in [-0.4, -0.2) is 44.8 Å². The largest absolute Gasteiger partial charge is 0.339 e. The second kappa shape index (κ2) is 9.36. The molecule has 160 valence electrons. The van der Waals surface area contributed by atoms with Gasteiger partial charge in [0, 0.05) is 36.8 Å². The molecule has 3 rings (SSSR count). The number of anilines is 1. The summed E-state index contributed by atoms with van der Waals surface area (Å²) in [6.07, 6.45) is 1.000. The molecule has 1 aliphatic rings. The van der Waals surface area contributed by atoms with Crippen molar-refractivity contribution >= 4 is 27.5 Å². The quantitative estimate of drug-likeness (QED) is 0.732. The summed E-state index contributed by atoms with van der Waals surface area (Å²) in [4.78, 5) is 26.8. The molecule has 0 atom stereocenters. The predicted octanol–water partition coefficient (Wildman–Crippen LogP) is 2.61. The highest BCUT2D eigenvalue weighted by Crippen LogP contribution is 2.22. The molecule has 1 saturated heterocycles. The van der Waals surface area contributed by atoms with Gasteiger partial charge in [-0.15, -0.1) is 0 Å². The third-order valence-electron chi connectivity index (χ3n) is 4.99. The Hall–Kier alpha value is -2.78. The van der Waals surface area contributed by atoms with Crippen LogP contribution >= 0.6 is 0 Å². The van der Waals surface area contributed by atoms with Gasteiger partial charge in [-0.3, -0.25) is 9.59 Å². The third kappa shape index (κ3) is 5.22. The monoisotopic (exact) mass is 433 g/mol. The second-order valence-electron chi connectivity index (χ2n) is 7.09. The van der Waals surface area contributed by atoms with Gasteiger partial charge in [0.25, 0.3) is 5.91 Å². The van der Waals surface area contributed by atoms with E-state index < -0.39 is 15.8 Å². The van der Waals surface area contributed by atoms with E-state index in [0.29, 0.717) is 43.7 Å². The summed E-state index contributed by atoms with van der Waals surface area (Å²) in [5.41, 5.74) is 0.805. The van der Waals surface area contributed by atoms with Gasteiger partial charge in [0.15, 0.2) is 0 Å². The number of nitrogens with one attached hydrogen (secondary N) is 2. The highest BCUT2D eigenvalue weighted by molar-refractivity contribution is 7.89. The average Bonchev–Trinajstić information content (AvgIpc) is 2.73. The van der Waals surface area contributed by atoms with Crippen LogP contribution in [0.2, 0.25) is 0 Å². The van der Waals surface area contributed by atoms with E-state index in [1.54, 1.807) is 30.0 Å². The first-order chi connectivity index (χ1) is 14.3. The number of benzene rings is 2. The van der Waals surface area contributed by atoms with Crippen LogP contribution in [0.15, 0.2) is 53.4 Å². The molecule has 2 N–H and O–H groups in total. The van der Waals surface area contributed by atoms with E-state index >= 15 is 0 Å². The van der Waals surface area contributed by atoms with Gasteiger partial charge in [-0.05, 0) is 55.3 Å². The van der Waals surface area contributed by atoms with Gasteiger partial charge >= 0.3 is 0 Å². The molecule has 2 amide bonds. The van der Waals surface area contributed by atoms with Crippen LogP contribution in [-0.2, 0) is 14.8 Å². The van der Waals surface area contributed by atoms with Gasteiger partial charge in [0.05, 0.1) is 4.90 Å². The molecule has 1 heterocycles. The Labute approximate surface area is 175 Å². The Kier molecular flexibility index (Phi) is 6.84. The number of piperidine rings is 1. The Morgan fingerprint density at radius 1 is 1.10 bits per heavy atom. The molecule has 2 aromatic carbocycles. The highest BCUT2D eigenvalue weighted by Gasteiger charge is 2.28. The Bertz CT molecular complexity index is 1020. The van der Waals surface area contributed by atoms with Crippen molar-refractivity contribution in [2.75, 3.05) is 25.0 Å². The van der Waals surface area contributed by atoms with Crippen molar-refractivity contribution in [1.29, 1.82) is 0 Å². The molecule has 0 aromatic heterocycles. The van der Waals surface area contributed by atoms with E-state index in [-0.39, 0.29) is 22.6 Å². The van der Waals surface area contributed by atoms with Gasteiger partial charge in [-0.25, -0.2) is 17.5 Å². The maximum absolute atomic E-state index is 13.3. The minimum absolute atomic E-state index is 0.131. The van der Waals surface area contributed by atoms with Crippen LogP contribution < -0.4 is 10.0 Å². The molecule has 9 heteroatoms. The predicted molar refractivity (Wildman–Crippen MR) is 111 cm³/mol. The number of halogens is 1. The SMILES string of the molecule is CCNS(=O)(=O)c1ccc(NC(=O)C2CCN(C(=O)c3cccc(F)c3)CC2)cc1. The summed E-state index contributed by atoms with van der Waals surface area (Å²) in [7, 11) is -3.54. The fraction of sp³-hybridized carbons (Fsp3) is 0.333. The molecule has 30 heavy (non-hydrogen) atoms. The van der Waals surface area contributed by atoms with E-state index in [0.717, 1.165) is 0 Å². The molecule has 0 aliphatic carbocycles. The lowest BCUT2D eigenvalue weighted by atomic mass is 9.95. The number of likely N-dealkylation sites (tertiary alicyclic amines) is 1. The number of carbonyl (C=O) groups excluding carboxylic acids is 2. The van der Waals surface area contributed by atoms with Gasteiger partial charge in [0.2, 0.25) is 15.9 Å². The van der Waals surface area contributed by atoms with Crippen molar-refractivity contribution in [2.24, 2.45) is 5.92 Å². The number of rotatable bonds is 6. The van der Waals surface area contributed by atoms with Crippen molar-refractivity contribution in [1.82, 2.24) is 9.62 Å². The van der Waals surface area contributed by atoms with E-state index in [1.807, 2.05) is 0 Å². The molecular weight excluding hydrogens is 409 g/mol. The van der Waals surface area contributed by atoms with E-state index in [2.05, 4.69) is 10.0 Å². The molecule has 0 spiro atoms. The van der Waals surface area contributed by atoms with Gasteiger partial charge in [0.1, 0.15) is 5.82 Å². The van der Waals surface area contributed by atoms with Crippen molar-refractivity contribution in [3.8, 4) is 0 Å². The molecule has 0 saturated carbocycles. The van der Waals surface area contributed by atoms with Crippen LogP contribution in [0.5, 0.6) is 0 Å². The summed E-state index contributed by atoms with van der Waals surface area (Å²) in [6.45, 7) is 2.81. The molecule has 1 fully saturated rings. The summed E-state index contributed by atoms with van der Waals surface area (Å²) >= 11 is 0. The zero-order valence-corrected chi connectivity index (χ0v) is 17.4. The van der Waals surface area contributed by atoms with Crippen molar-refractivity contribution in [3.05, 3.63) is 59.9 Å². The Balaban J connectivity index is 1.55. The zero-order valence-electron chi connectivity index (χ0n) is 16.6. The summed E-state index contributed by atoms with van der Waals surface area (Å²) in [5.74, 6) is -1.13. The van der Waals surface area contributed by atoms with Crippen LogP contribution in [0.3, 0.4) is 0 Å².